The van der Waals surface area contributed by atoms with Crippen molar-refractivity contribution < 1.29 is 39.5 Å². The molecule has 0 aliphatic rings. The number of rotatable bonds is 4. The molecule has 0 spiro atoms. The van der Waals surface area contributed by atoms with Gasteiger partial charge in [0.15, 0.2) is 5.78 Å². The molecular weight excluding hydrogens is 199 g/mol. The summed E-state index contributed by atoms with van der Waals surface area (Å²) in [4.78, 5) is 11.2. The molecule has 0 aliphatic heterocycles. The molecule has 0 saturated carbocycles. The number of ketones is 1. The number of hydrogen-bond acceptors (Lipinski definition) is 2. The van der Waals surface area contributed by atoms with Gasteiger partial charge in [-0.05, 0) is 18.1 Å². The number of hydrogen-bond donors (Lipinski definition) is 0. The SMILES string of the molecule is CCCc1ccc(C(=O)C=C[O-])cc1.[Na+]. The Morgan fingerprint density at radius 3 is 2.40 bits per heavy atom. The topological polar surface area (TPSA) is 40.1 Å². The van der Waals surface area contributed by atoms with E-state index in [1.54, 1.807) is 12.1 Å². The fourth-order valence-corrected chi connectivity index (χ4v) is 1.28. The number of benzene rings is 1. The normalized spacial score (nSPS) is 9.93. The number of allylic oxidation sites excluding steroid dienone is 1. The molecule has 0 heterocycles. The summed E-state index contributed by atoms with van der Waals surface area (Å²) in [5.74, 6) is -0.233. The maximum atomic E-state index is 11.2. The van der Waals surface area contributed by atoms with Crippen LogP contribution in [0.25, 0.3) is 0 Å². The third kappa shape index (κ3) is 4.65. The van der Waals surface area contributed by atoms with Crippen LogP contribution in [0.2, 0.25) is 0 Å². The molecule has 2 nitrogen and oxygen atoms in total. The Labute approximate surface area is 112 Å². The van der Waals surface area contributed by atoms with E-state index in [1.807, 2.05) is 12.1 Å². The van der Waals surface area contributed by atoms with Gasteiger partial charge < -0.3 is 5.11 Å². The zero-order chi connectivity index (χ0) is 10.4. The summed E-state index contributed by atoms with van der Waals surface area (Å²) in [5.41, 5.74) is 1.78. The first-order valence-electron chi connectivity index (χ1n) is 4.69. The summed E-state index contributed by atoms with van der Waals surface area (Å²) in [6.45, 7) is 2.11. The molecule has 0 saturated heterocycles. The predicted octanol–water partition coefficient (Wildman–Crippen LogP) is -1.30. The van der Waals surface area contributed by atoms with Crippen LogP contribution in [0.5, 0.6) is 0 Å². The average molecular weight is 212 g/mol. The van der Waals surface area contributed by atoms with E-state index in [9.17, 15) is 9.90 Å². The Morgan fingerprint density at radius 1 is 1.33 bits per heavy atom. The van der Waals surface area contributed by atoms with Gasteiger partial charge in [0.05, 0.1) is 0 Å². The standard InChI is InChI=1S/C12H14O2.Na/c1-2-3-10-4-6-11(7-5-10)12(14)8-9-13;/h4-9,13H,2-3H2,1H3;/q;+1/p-1. The van der Waals surface area contributed by atoms with Crippen molar-refractivity contribution in [2.45, 2.75) is 19.8 Å². The molecule has 0 fully saturated rings. The van der Waals surface area contributed by atoms with E-state index in [1.165, 1.54) is 5.56 Å². The van der Waals surface area contributed by atoms with Gasteiger partial charge in [-0.3, -0.25) is 4.79 Å². The van der Waals surface area contributed by atoms with Crippen LogP contribution in [0.15, 0.2) is 36.6 Å². The fraction of sp³-hybridized carbons (Fsp3) is 0.250. The maximum Gasteiger partial charge on any atom is 1.00 e. The summed E-state index contributed by atoms with van der Waals surface area (Å²) in [6, 6.07) is 7.37. The van der Waals surface area contributed by atoms with Crippen molar-refractivity contribution in [1.82, 2.24) is 0 Å². The molecule has 0 aliphatic carbocycles. The predicted molar refractivity (Wildman–Crippen MR) is 53.9 cm³/mol. The molecule has 0 radical (unpaired) electrons. The van der Waals surface area contributed by atoms with Crippen LogP contribution >= 0.6 is 0 Å². The van der Waals surface area contributed by atoms with Gasteiger partial charge in [0.25, 0.3) is 0 Å². The van der Waals surface area contributed by atoms with Crippen LogP contribution in [0.4, 0.5) is 0 Å². The number of carbonyl (C=O) groups excluding carboxylic acids is 1. The summed E-state index contributed by atoms with van der Waals surface area (Å²) in [6.07, 6.45) is 3.66. The van der Waals surface area contributed by atoms with E-state index in [2.05, 4.69) is 6.92 Å². The smallest absolute Gasteiger partial charge is 0.878 e. The van der Waals surface area contributed by atoms with E-state index in [0.29, 0.717) is 11.8 Å². The Hall–Kier alpha value is -0.570. The molecule has 0 amide bonds. The number of carbonyl (C=O) groups is 1. The Kier molecular flexibility index (Phi) is 7.39. The molecule has 1 aromatic carbocycles. The van der Waals surface area contributed by atoms with Crippen molar-refractivity contribution in [2.75, 3.05) is 0 Å². The van der Waals surface area contributed by atoms with Gasteiger partial charge in [0, 0.05) is 5.56 Å². The van der Waals surface area contributed by atoms with E-state index >= 15 is 0 Å². The van der Waals surface area contributed by atoms with Crippen molar-refractivity contribution in [1.29, 1.82) is 0 Å². The van der Waals surface area contributed by atoms with E-state index in [-0.39, 0.29) is 35.3 Å². The number of aryl methyl sites for hydroxylation is 1. The molecule has 0 aromatic heterocycles. The quantitative estimate of drug-likeness (QED) is 0.269. The van der Waals surface area contributed by atoms with Crippen molar-refractivity contribution in [2.24, 2.45) is 0 Å². The zero-order valence-electron chi connectivity index (χ0n) is 9.19. The van der Waals surface area contributed by atoms with E-state index in [4.69, 9.17) is 0 Å². The summed E-state index contributed by atoms with van der Waals surface area (Å²) < 4.78 is 0. The van der Waals surface area contributed by atoms with Gasteiger partial charge in [-0.25, -0.2) is 0 Å². The molecule has 1 aromatic rings. The molecule has 0 unspecified atom stereocenters. The maximum absolute atomic E-state index is 11.2. The minimum absolute atomic E-state index is 0. The molecule has 0 bridgehead atoms. The zero-order valence-corrected chi connectivity index (χ0v) is 11.2. The van der Waals surface area contributed by atoms with Gasteiger partial charge >= 0.3 is 29.6 Å². The first-order valence-corrected chi connectivity index (χ1v) is 4.69. The van der Waals surface area contributed by atoms with Gasteiger partial charge in [-0.15, -0.1) is 6.26 Å². The average Bonchev–Trinajstić information content (AvgIpc) is 2.20. The van der Waals surface area contributed by atoms with Gasteiger partial charge in [-0.2, -0.15) is 0 Å². The van der Waals surface area contributed by atoms with Crippen molar-refractivity contribution >= 4 is 5.78 Å². The third-order valence-corrected chi connectivity index (χ3v) is 2.00. The van der Waals surface area contributed by atoms with Crippen LogP contribution in [0.1, 0.15) is 29.3 Å². The molecule has 3 heteroatoms. The minimum atomic E-state index is -0.233. The molecule has 0 atom stereocenters. The molecule has 74 valence electrons. The van der Waals surface area contributed by atoms with E-state index in [0.717, 1.165) is 18.9 Å². The second kappa shape index (κ2) is 7.69. The van der Waals surface area contributed by atoms with Gasteiger partial charge in [-0.1, -0.05) is 37.6 Å². The van der Waals surface area contributed by atoms with Crippen molar-refractivity contribution in [3.63, 3.8) is 0 Å². The monoisotopic (exact) mass is 212 g/mol. The Morgan fingerprint density at radius 2 is 1.93 bits per heavy atom. The first kappa shape index (κ1) is 14.4. The second-order valence-corrected chi connectivity index (χ2v) is 3.11. The summed E-state index contributed by atoms with van der Waals surface area (Å²) in [7, 11) is 0. The molecule has 0 N–H and O–H groups in total. The largest absolute Gasteiger partial charge is 1.00 e. The van der Waals surface area contributed by atoms with E-state index < -0.39 is 0 Å². The van der Waals surface area contributed by atoms with Crippen LogP contribution in [-0.2, 0) is 6.42 Å². The molecular formula is C12H13NaO2. The first-order chi connectivity index (χ1) is 6.77. The van der Waals surface area contributed by atoms with Crippen LogP contribution < -0.4 is 34.7 Å². The van der Waals surface area contributed by atoms with Crippen LogP contribution in [-0.4, -0.2) is 5.78 Å². The van der Waals surface area contributed by atoms with Gasteiger partial charge in [0.2, 0.25) is 0 Å². The van der Waals surface area contributed by atoms with Crippen LogP contribution in [0.3, 0.4) is 0 Å². The molecule has 15 heavy (non-hydrogen) atoms. The second-order valence-electron chi connectivity index (χ2n) is 3.11. The fourth-order valence-electron chi connectivity index (χ4n) is 1.28. The minimum Gasteiger partial charge on any atom is -0.878 e. The van der Waals surface area contributed by atoms with Crippen LogP contribution in [0, 0.1) is 0 Å². The summed E-state index contributed by atoms with van der Waals surface area (Å²) >= 11 is 0. The Bertz CT molecular complexity index is 328. The third-order valence-electron chi connectivity index (χ3n) is 2.00. The van der Waals surface area contributed by atoms with Gasteiger partial charge in [0.1, 0.15) is 0 Å². The molecule has 1 rings (SSSR count). The summed E-state index contributed by atoms with van der Waals surface area (Å²) in [5, 5.41) is 10.1. The Balaban J connectivity index is 0.00000196. The van der Waals surface area contributed by atoms with Crippen molar-refractivity contribution in [3.8, 4) is 0 Å². The van der Waals surface area contributed by atoms with Crippen molar-refractivity contribution in [3.05, 3.63) is 47.7 Å².